The first-order chi connectivity index (χ1) is 10.6. The molecule has 2 amide bonds. The lowest BCUT2D eigenvalue weighted by molar-refractivity contribution is 0.175. The van der Waals surface area contributed by atoms with E-state index in [0.29, 0.717) is 22.9 Å². The number of benzene rings is 1. The van der Waals surface area contributed by atoms with Gasteiger partial charge in [0.05, 0.1) is 12.7 Å². The molecule has 3 N–H and O–H groups in total. The second-order valence-corrected chi connectivity index (χ2v) is 5.79. The second kappa shape index (κ2) is 8.14. The molecule has 0 aliphatic heterocycles. The lowest BCUT2D eigenvalue weighted by atomic mass is 10.2. The fourth-order valence-electron chi connectivity index (χ4n) is 1.91. The number of urea groups is 1. The van der Waals surface area contributed by atoms with Gasteiger partial charge in [-0.25, -0.2) is 4.79 Å². The number of ether oxygens (including phenoxy) is 1. The average Bonchev–Trinajstić information content (AvgIpc) is 3.03. The highest BCUT2D eigenvalue weighted by Gasteiger charge is 2.12. The van der Waals surface area contributed by atoms with Crippen molar-refractivity contribution in [3.8, 4) is 0 Å². The quantitative estimate of drug-likeness (QED) is 0.754. The van der Waals surface area contributed by atoms with E-state index in [4.69, 9.17) is 16.3 Å². The molecule has 0 bridgehead atoms. The summed E-state index contributed by atoms with van der Waals surface area (Å²) >= 11 is 7.59. The minimum atomic E-state index is -0.727. The van der Waals surface area contributed by atoms with Crippen LogP contribution in [-0.4, -0.2) is 24.8 Å². The molecule has 0 fully saturated rings. The Balaban J connectivity index is 1.93. The Morgan fingerprint density at radius 1 is 1.45 bits per heavy atom. The van der Waals surface area contributed by atoms with Gasteiger partial charge in [-0.2, -0.15) is 11.3 Å². The molecule has 1 atom stereocenters. The molecule has 118 valence electrons. The summed E-state index contributed by atoms with van der Waals surface area (Å²) in [6.45, 7) is 0.426. The third-order valence-electron chi connectivity index (χ3n) is 3.04. The number of carbonyl (C=O) groups excluding carboxylic acids is 1. The fraction of sp³-hybridized carbons (Fsp3) is 0.267. The van der Waals surface area contributed by atoms with Crippen LogP contribution in [0, 0.1) is 0 Å². The number of halogens is 1. The van der Waals surface area contributed by atoms with E-state index >= 15 is 0 Å². The normalized spacial score (nSPS) is 12.0. The zero-order valence-corrected chi connectivity index (χ0v) is 13.6. The SMILES string of the molecule is COCc1c(Cl)cccc1NC(=O)NCC(O)c1ccsc1. The van der Waals surface area contributed by atoms with Gasteiger partial charge in [-0.05, 0) is 34.5 Å². The molecule has 1 aromatic heterocycles. The van der Waals surface area contributed by atoms with E-state index in [0.717, 1.165) is 5.56 Å². The van der Waals surface area contributed by atoms with Gasteiger partial charge >= 0.3 is 6.03 Å². The van der Waals surface area contributed by atoms with Crippen LogP contribution in [0.5, 0.6) is 0 Å². The smallest absolute Gasteiger partial charge is 0.319 e. The van der Waals surface area contributed by atoms with Gasteiger partial charge in [0.2, 0.25) is 0 Å². The predicted molar refractivity (Wildman–Crippen MR) is 88.5 cm³/mol. The van der Waals surface area contributed by atoms with E-state index in [1.54, 1.807) is 25.3 Å². The highest BCUT2D eigenvalue weighted by Crippen LogP contribution is 2.25. The highest BCUT2D eigenvalue weighted by atomic mass is 35.5. The molecule has 2 aromatic rings. The van der Waals surface area contributed by atoms with Crippen molar-refractivity contribution in [1.29, 1.82) is 0 Å². The minimum absolute atomic E-state index is 0.128. The Morgan fingerprint density at radius 2 is 2.27 bits per heavy atom. The largest absolute Gasteiger partial charge is 0.387 e. The zero-order chi connectivity index (χ0) is 15.9. The van der Waals surface area contributed by atoms with Gasteiger partial charge < -0.3 is 20.5 Å². The van der Waals surface area contributed by atoms with E-state index in [9.17, 15) is 9.90 Å². The lowest BCUT2D eigenvalue weighted by Crippen LogP contribution is -2.32. The summed E-state index contributed by atoms with van der Waals surface area (Å²) in [5, 5.41) is 19.5. The molecular weight excluding hydrogens is 324 g/mol. The molecule has 0 aliphatic carbocycles. The van der Waals surface area contributed by atoms with Crippen LogP contribution in [0.15, 0.2) is 35.0 Å². The Kier molecular flexibility index (Phi) is 6.21. The van der Waals surface area contributed by atoms with Crippen LogP contribution in [-0.2, 0) is 11.3 Å². The fourth-order valence-corrected chi connectivity index (χ4v) is 2.84. The number of thiophene rings is 1. The number of aliphatic hydroxyl groups excluding tert-OH is 1. The summed E-state index contributed by atoms with van der Waals surface area (Å²) in [5.41, 5.74) is 2.07. The van der Waals surface area contributed by atoms with Crippen molar-refractivity contribution >= 4 is 34.7 Å². The topological polar surface area (TPSA) is 70.6 Å². The Labute approximate surface area is 137 Å². The van der Waals surface area contributed by atoms with Crippen LogP contribution < -0.4 is 10.6 Å². The van der Waals surface area contributed by atoms with Gasteiger partial charge in [-0.1, -0.05) is 17.7 Å². The van der Waals surface area contributed by atoms with Crippen LogP contribution in [0.3, 0.4) is 0 Å². The van der Waals surface area contributed by atoms with Crippen LogP contribution in [0.2, 0.25) is 5.02 Å². The summed E-state index contributed by atoms with van der Waals surface area (Å²) in [7, 11) is 1.56. The van der Waals surface area contributed by atoms with E-state index in [2.05, 4.69) is 10.6 Å². The number of anilines is 1. The number of hydrogen-bond donors (Lipinski definition) is 3. The van der Waals surface area contributed by atoms with Crippen molar-refractivity contribution in [1.82, 2.24) is 5.32 Å². The molecule has 1 aromatic carbocycles. The van der Waals surface area contributed by atoms with Gasteiger partial charge in [0, 0.05) is 29.9 Å². The summed E-state index contributed by atoms with van der Waals surface area (Å²) < 4.78 is 5.08. The Bertz CT molecular complexity index is 619. The van der Waals surface area contributed by atoms with Crippen molar-refractivity contribution in [2.24, 2.45) is 0 Å². The van der Waals surface area contributed by atoms with E-state index in [-0.39, 0.29) is 6.54 Å². The second-order valence-electron chi connectivity index (χ2n) is 4.61. The first-order valence-corrected chi connectivity index (χ1v) is 7.95. The molecule has 2 rings (SSSR count). The molecule has 1 unspecified atom stereocenters. The van der Waals surface area contributed by atoms with Crippen LogP contribution in [0.25, 0.3) is 0 Å². The molecule has 0 spiro atoms. The highest BCUT2D eigenvalue weighted by molar-refractivity contribution is 7.07. The molecule has 0 saturated heterocycles. The van der Waals surface area contributed by atoms with Crippen LogP contribution >= 0.6 is 22.9 Å². The molecule has 0 aliphatic rings. The number of methoxy groups -OCH3 is 1. The molecule has 22 heavy (non-hydrogen) atoms. The number of amides is 2. The standard InChI is InChI=1S/C15H17ClN2O3S/c1-21-8-11-12(16)3-2-4-13(11)18-15(20)17-7-14(19)10-5-6-22-9-10/h2-6,9,14,19H,7-8H2,1H3,(H2,17,18,20). The van der Waals surface area contributed by atoms with Gasteiger partial charge in [0.25, 0.3) is 0 Å². The first kappa shape index (κ1) is 16.8. The Morgan fingerprint density at radius 3 is 2.95 bits per heavy atom. The molecule has 1 heterocycles. The Hall–Kier alpha value is -1.60. The van der Waals surface area contributed by atoms with Gasteiger partial charge in [-0.15, -0.1) is 0 Å². The average molecular weight is 341 g/mol. The van der Waals surface area contributed by atoms with Crippen molar-refractivity contribution in [3.63, 3.8) is 0 Å². The summed E-state index contributed by atoms with van der Waals surface area (Å²) in [6.07, 6.45) is -0.727. The van der Waals surface area contributed by atoms with Crippen LogP contribution in [0.1, 0.15) is 17.2 Å². The molecule has 5 nitrogen and oxygen atoms in total. The summed E-state index contributed by atoms with van der Waals surface area (Å²) in [6, 6.07) is 6.64. The molecular formula is C15H17ClN2O3S. The number of hydrogen-bond acceptors (Lipinski definition) is 4. The van der Waals surface area contributed by atoms with Gasteiger partial charge in [0.1, 0.15) is 0 Å². The van der Waals surface area contributed by atoms with E-state index in [1.165, 1.54) is 11.3 Å². The van der Waals surface area contributed by atoms with Gasteiger partial charge in [-0.3, -0.25) is 0 Å². The van der Waals surface area contributed by atoms with Crippen molar-refractivity contribution in [3.05, 3.63) is 51.2 Å². The number of rotatable bonds is 6. The number of aliphatic hydroxyl groups is 1. The summed E-state index contributed by atoms with van der Waals surface area (Å²) in [4.78, 5) is 11.9. The molecule has 7 heteroatoms. The number of carbonyl (C=O) groups is 1. The van der Waals surface area contributed by atoms with Crippen molar-refractivity contribution < 1.29 is 14.6 Å². The maximum atomic E-state index is 11.9. The minimum Gasteiger partial charge on any atom is -0.387 e. The monoisotopic (exact) mass is 340 g/mol. The maximum absolute atomic E-state index is 11.9. The molecule has 0 radical (unpaired) electrons. The van der Waals surface area contributed by atoms with Crippen LogP contribution in [0.4, 0.5) is 10.5 Å². The predicted octanol–water partition coefficient (Wildman–Crippen LogP) is 3.40. The van der Waals surface area contributed by atoms with Crippen molar-refractivity contribution in [2.45, 2.75) is 12.7 Å². The third kappa shape index (κ3) is 4.45. The lowest BCUT2D eigenvalue weighted by Gasteiger charge is -2.14. The van der Waals surface area contributed by atoms with E-state index < -0.39 is 12.1 Å². The number of nitrogens with one attached hydrogen (secondary N) is 2. The van der Waals surface area contributed by atoms with E-state index in [1.807, 2.05) is 16.8 Å². The third-order valence-corrected chi connectivity index (χ3v) is 4.10. The first-order valence-electron chi connectivity index (χ1n) is 6.63. The van der Waals surface area contributed by atoms with Crippen molar-refractivity contribution in [2.75, 3.05) is 19.0 Å². The van der Waals surface area contributed by atoms with Gasteiger partial charge in [0.15, 0.2) is 0 Å². The zero-order valence-electron chi connectivity index (χ0n) is 12.0. The maximum Gasteiger partial charge on any atom is 0.319 e. The summed E-state index contributed by atoms with van der Waals surface area (Å²) in [5.74, 6) is 0. The molecule has 0 saturated carbocycles.